The molecule has 0 fully saturated rings. The number of halogens is 1. The first-order valence-corrected chi connectivity index (χ1v) is 13.1. The summed E-state index contributed by atoms with van der Waals surface area (Å²) in [5.74, 6) is 0.705. The molecule has 2 atom stereocenters. The van der Waals surface area contributed by atoms with Crippen LogP contribution < -0.4 is 25.8 Å². The van der Waals surface area contributed by atoms with E-state index in [1.165, 1.54) is 6.08 Å². The number of allylic oxidation sites excluding steroid dienone is 1. The molecular weight excluding hydrogens is 601 g/mol. The van der Waals surface area contributed by atoms with Crippen LogP contribution in [0.25, 0.3) is 0 Å². The fourth-order valence-electron chi connectivity index (χ4n) is 3.96. The van der Waals surface area contributed by atoms with Crippen LogP contribution in [-0.4, -0.2) is 23.9 Å². The van der Waals surface area contributed by atoms with Gasteiger partial charge in [-0.2, -0.15) is 0 Å². The van der Waals surface area contributed by atoms with E-state index in [1.807, 2.05) is 6.92 Å². The minimum absolute atomic E-state index is 0.0357. The highest BCUT2D eigenvalue weighted by Crippen LogP contribution is 2.37. The van der Waals surface area contributed by atoms with Crippen molar-refractivity contribution >= 4 is 51.7 Å². The zero-order valence-electron chi connectivity index (χ0n) is 20.6. The van der Waals surface area contributed by atoms with Crippen LogP contribution in [0.5, 0.6) is 17.2 Å². The van der Waals surface area contributed by atoms with Gasteiger partial charge in [-0.15, -0.1) is 0 Å². The first kappa shape index (κ1) is 27.1. The lowest BCUT2D eigenvalue weighted by Crippen LogP contribution is -2.22. The number of carbonyl (C=O) groups is 2. The number of rotatable bonds is 9. The van der Waals surface area contributed by atoms with Gasteiger partial charge in [0.2, 0.25) is 12.7 Å². The topological polar surface area (TPSA) is 132 Å². The molecule has 9 nitrogen and oxygen atoms in total. The summed E-state index contributed by atoms with van der Waals surface area (Å²) in [4.78, 5) is 25.1. The molecule has 0 aliphatic carbocycles. The van der Waals surface area contributed by atoms with Gasteiger partial charge < -0.3 is 30.4 Å². The van der Waals surface area contributed by atoms with Gasteiger partial charge in [-0.3, -0.25) is 10.1 Å². The maximum absolute atomic E-state index is 12.9. The number of ether oxygens (including phenoxy) is 3. The Hall–Kier alpha value is -3.93. The number of phenols is 1. The van der Waals surface area contributed by atoms with Crippen LogP contribution in [0, 0.1) is 9.49 Å². The van der Waals surface area contributed by atoms with Crippen LogP contribution in [0.1, 0.15) is 31.4 Å². The Morgan fingerprint density at radius 1 is 1.11 bits per heavy atom. The second-order valence-electron chi connectivity index (χ2n) is 8.76. The molecule has 4 rings (SSSR count). The molecule has 198 valence electrons. The zero-order valence-corrected chi connectivity index (χ0v) is 22.8. The van der Waals surface area contributed by atoms with Crippen molar-refractivity contribution in [3.63, 3.8) is 0 Å². The summed E-state index contributed by atoms with van der Waals surface area (Å²) in [6, 6.07) is 17.2. The number of para-hydroxylation sites is 2. The van der Waals surface area contributed by atoms with Gasteiger partial charge in [0, 0.05) is 20.9 Å². The highest BCUT2D eigenvalue weighted by atomic mass is 127. The summed E-state index contributed by atoms with van der Waals surface area (Å²) in [6.45, 7) is 2.06. The largest absolute Gasteiger partial charge is 0.508 e. The fourth-order valence-corrected chi connectivity index (χ4v) is 4.48. The van der Waals surface area contributed by atoms with E-state index < -0.39 is 12.2 Å². The van der Waals surface area contributed by atoms with E-state index in [0.29, 0.717) is 47.0 Å². The molecule has 0 bridgehead atoms. The van der Waals surface area contributed by atoms with Crippen LogP contribution in [0.3, 0.4) is 0 Å². The third kappa shape index (κ3) is 7.09. The Morgan fingerprint density at radius 3 is 2.71 bits per heavy atom. The highest BCUT2D eigenvalue weighted by molar-refractivity contribution is 14.1. The molecule has 0 radical (unpaired) electrons. The Labute approximate surface area is 234 Å². The van der Waals surface area contributed by atoms with Gasteiger partial charge in [0.1, 0.15) is 11.9 Å². The Kier molecular flexibility index (Phi) is 8.95. The number of aromatic hydroxyl groups is 1. The van der Waals surface area contributed by atoms with Crippen molar-refractivity contribution in [2.45, 2.75) is 25.9 Å². The van der Waals surface area contributed by atoms with E-state index in [0.717, 1.165) is 3.57 Å². The number of nitrogens with one attached hydrogen (secondary N) is 2. The Balaban J connectivity index is 1.40. The number of nitrogen functional groups attached to an aromatic ring is 1. The third-order valence-corrected chi connectivity index (χ3v) is 6.61. The summed E-state index contributed by atoms with van der Waals surface area (Å²) in [5, 5.41) is 16.0. The first-order valence-electron chi connectivity index (χ1n) is 12.0. The van der Waals surface area contributed by atoms with Crippen molar-refractivity contribution in [3.8, 4) is 17.2 Å². The van der Waals surface area contributed by atoms with Crippen molar-refractivity contribution < 1.29 is 28.9 Å². The van der Waals surface area contributed by atoms with Crippen LogP contribution in [0.2, 0.25) is 0 Å². The van der Waals surface area contributed by atoms with Crippen molar-refractivity contribution in [1.82, 2.24) is 0 Å². The van der Waals surface area contributed by atoms with E-state index in [4.69, 9.17) is 19.9 Å². The highest BCUT2D eigenvalue weighted by Gasteiger charge is 2.27. The van der Waals surface area contributed by atoms with Gasteiger partial charge >= 0.3 is 6.09 Å². The lowest BCUT2D eigenvalue weighted by Gasteiger charge is -2.25. The lowest BCUT2D eigenvalue weighted by atomic mass is 9.92. The van der Waals surface area contributed by atoms with Crippen molar-refractivity contribution in [1.29, 1.82) is 0 Å². The molecule has 0 unspecified atom stereocenters. The molecular formula is C28H28IN3O6. The predicted octanol–water partition coefficient (Wildman–Crippen LogP) is 6.21. The molecule has 0 spiro atoms. The number of anilines is 3. The standard InChI is InChI=1S/C28H28IN3O6/c1-17(6-2-5-9-26(34)32-22-8-4-3-7-21(22)30)27(20-14-18(29)10-12-23(20)33)38-28(35)31-19-11-13-24-25(15-19)37-16-36-24/h3-5,7-15,17,27,33H,2,6,16,30H2,1H3,(H,31,35)(H,32,34)/b9-5+/t17-,27+/m0/s1. The maximum atomic E-state index is 12.9. The van der Waals surface area contributed by atoms with Crippen LogP contribution >= 0.6 is 22.6 Å². The van der Waals surface area contributed by atoms with E-state index >= 15 is 0 Å². The molecule has 0 saturated carbocycles. The van der Waals surface area contributed by atoms with Crippen LogP contribution in [0.4, 0.5) is 21.9 Å². The molecule has 1 aliphatic rings. The van der Waals surface area contributed by atoms with Crippen molar-refractivity contribution in [2.24, 2.45) is 5.92 Å². The zero-order chi connectivity index (χ0) is 27.1. The van der Waals surface area contributed by atoms with Gasteiger partial charge in [0.15, 0.2) is 11.5 Å². The Bertz CT molecular complexity index is 1350. The smallest absolute Gasteiger partial charge is 0.412 e. The third-order valence-electron chi connectivity index (χ3n) is 5.94. The number of hydrogen-bond donors (Lipinski definition) is 4. The van der Waals surface area contributed by atoms with Crippen LogP contribution in [0.15, 0.2) is 72.8 Å². The summed E-state index contributed by atoms with van der Waals surface area (Å²) in [6.07, 6.45) is 2.93. The minimum atomic E-state index is -0.731. The van der Waals surface area contributed by atoms with E-state index in [-0.39, 0.29) is 24.4 Å². The summed E-state index contributed by atoms with van der Waals surface area (Å²) in [5.41, 5.74) is 7.90. The number of benzene rings is 3. The van der Waals surface area contributed by atoms with E-state index in [1.54, 1.807) is 66.7 Å². The molecule has 5 N–H and O–H groups in total. The summed E-state index contributed by atoms with van der Waals surface area (Å²) in [7, 11) is 0. The van der Waals surface area contributed by atoms with Gasteiger partial charge in [-0.05, 0) is 89.9 Å². The number of carbonyl (C=O) groups excluding carboxylic acids is 2. The monoisotopic (exact) mass is 629 g/mol. The number of amides is 2. The van der Waals surface area contributed by atoms with Gasteiger partial charge in [-0.25, -0.2) is 4.79 Å². The number of hydrogen-bond acceptors (Lipinski definition) is 7. The van der Waals surface area contributed by atoms with Gasteiger partial charge in [0.25, 0.3) is 0 Å². The van der Waals surface area contributed by atoms with E-state index in [9.17, 15) is 14.7 Å². The number of nitrogens with two attached hydrogens (primary N) is 1. The molecule has 0 aromatic heterocycles. The molecule has 1 aliphatic heterocycles. The Morgan fingerprint density at radius 2 is 1.89 bits per heavy atom. The SMILES string of the molecule is C[C@@H](CC/C=C/C(=O)Nc1ccccc1N)[C@@H](OC(=O)Nc1ccc2c(c1)OCO2)c1cc(I)ccc1O. The number of fused-ring (bicyclic) bond motifs is 1. The van der Waals surface area contributed by atoms with Crippen LogP contribution in [-0.2, 0) is 9.53 Å². The molecule has 3 aromatic rings. The average Bonchev–Trinajstić information content (AvgIpc) is 3.36. The minimum Gasteiger partial charge on any atom is -0.508 e. The van der Waals surface area contributed by atoms with Crippen molar-refractivity contribution in [3.05, 3.63) is 81.9 Å². The quantitative estimate of drug-likeness (QED) is 0.126. The summed E-state index contributed by atoms with van der Waals surface area (Å²) >= 11 is 2.14. The molecule has 2 amide bonds. The summed E-state index contributed by atoms with van der Waals surface area (Å²) < 4.78 is 17.4. The first-order chi connectivity index (χ1) is 18.3. The fraction of sp³-hybridized carbons (Fsp3) is 0.214. The van der Waals surface area contributed by atoms with E-state index in [2.05, 4.69) is 33.2 Å². The van der Waals surface area contributed by atoms with Gasteiger partial charge in [0.05, 0.1) is 11.4 Å². The molecule has 1 heterocycles. The molecule has 0 saturated heterocycles. The van der Waals surface area contributed by atoms with Gasteiger partial charge in [-0.1, -0.05) is 25.1 Å². The second-order valence-corrected chi connectivity index (χ2v) is 10.0. The molecule has 3 aromatic carbocycles. The average molecular weight is 629 g/mol. The molecule has 38 heavy (non-hydrogen) atoms. The number of phenolic OH excluding ortho intramolecular Hbond substituents is 1. The normalized spacial score (nSPS) is 13.6. The van der Waals surface area contributed by atoms with Crippen molar-refractivity contribution in [2.75, 3.05) is 23.2 Å². The second kappa shape index (κ2) is 12.5. The predicted molar refractivity (Wildman–Crippen MR) is 153 cm³/mol. The molecule has 10 heteroatoms. The maximum Gasteiger partial charge on any atom is 0.412 e. The lowest BCUT2D eigenvalue weighted by molar-refractivity contribution is -0.111.